The summed E-state index contributed by atoms with van der Waals surface area (Å²) in [6, 6.07) is 11.0. The number of hydrogen-bond acceptors (Lipinski definition) is 8. The van der Waals surface area contributed by atoms with Crippen LogP contribution in [0, 0.1) is 5.82 Å². The number of hydrogen-bond donors (Lipinski definition) is 5. The van der Waals surface area contributed by atoms with Gasteiger partial charge in [-0.25, -0.2) is 28.6 Å². The van der Waals surface area contributed by atoms with E-state index in [2.05, 4.69) is 15.2 Å². The summed E-state index contributed by atoms with van der Waals surface area (Å²) in [5.41, 5.74) is 0.978. The second-order valence-electron chi connectivity index (χ2n) is 8.18. The lowest BCUT2D eigenvalue weighted by Crippen LogP contribution is -2.37. The van der Waals surface area contributed by atoms with E-state index in [1.165, 1.54) is 6.07 Å². The van der Waals surface area contributed by atoms with Gasteiger partial charge in [0.05, 0.1) is 11.6 Å². The largest absolute Gasteiger partial charge is 0.478 e. The topological polar surface area (TPSA) is 187 Å². The Morgan fingerprint density at radius 1 is 0.976 bits per heavy atom. The molecule has 2 aromatic rings. The van der Waals surface area contributed by atoms with Crippen molar-refractivity contribution < 1.29 is 48.7 Å². The van der Waals surface area contributed by atoms with Crippen molar-refractivity contribution in [3.63, 3.8) is 0 Å². The summed E-state index contributed by atoms with van der Waals surface area (Å²) in [4.78, 5) is 44.7. The Bertz CT molecular complexity index is 1120. The first-order chi connectivity index (χ1) is 19.5. The van der Waals surface area contributed by atoms with E-state index in [-0.39, 0.29) is 10.8 Å². The van der Waals surface area contributed by atoms with E-state index < -0.39 is 23.9 Å². The molecule has 14 heteroatoms. The first-order valence-electron chi connectivity index (χ1n) is 12.2. The van der Waals surface area contributed by atoms with Crippen molar-refractivity contribution in [1.82, 2.24) is 10.3 Å². The van der Waals surface area contributed by atoms with Gasteiger partial charge in [0, 0.05) is 61.4 Å². The minimum Gasteiger partial charge on any atom is -0.478 e. The molecule has 1 aliphatic rings. The molecule has 12 nitrogen and oxygen atoms in total. The van der Waals surface area contributed by atoms with Crippen LogP contribution in [0.5, 0.6) is 5.88 Å². The fourth-order valence-electron chi connectivity index (χ4n) is 3.37. The third-order valence-electron chi connectivity index (χ3n) is 5.13. The smallest absolute Gasteiger partial charge is 0.328 e. The maximum absolute atomic E-state index is 13.5. The van der Waals surface area contributed by atoms with E-state index in [0.717, 1.165) is 44.6 Å². The third kappa shape index (κ3) is 16.3. The monoisotopic (exact) mass is 595 g/mol. The summed E-state index contributed by atoms with van der Waals surface area (Å²) in [7, 11) is 0. The Kier molecular flexibility index (Phi) is 16.5. The van der Waals surface area contributed by atoms with Crippen molar-refractivity contribution in [3.8, 4) is 5.88 Å². The van der Waals surface area contributed by atoms with Gasteiger partial charge in [-0.05, 0) is 50.1 Å². The van der Waals surface area contributed by atoms with Crippen LogP contribution in [0.1, 0.15) is 19.3 Å². The summed E-state index contributed by atoms with van der Waals surface area (Å²) in [5, 5.41) is 34.8. The maximum Gasteiger partial charge on any atom is 0.328 e. The van der Waals surface area contributed by atoms with Crippen LogP contribution in [0.25, 0.3) is 0 Å². The van der Waals surface area contributed by atoms with E-state index in [9.17, 15) is 23.6 Å². The van der Waals surface area contributed by atoms with Gasteiger partial charge in [0.25, 0.3) is 0 Å². The minimum absolute atomic E-state index is 0.173. The molecule has 1 aromatic carbocycles. The van der Waals surface area contributed by atoms with Gasteiger partial charge in [-0.15, -0.1) is 0 Å². The lowest BCUT2D eigenvalue weighted by molar-refractivity contribution is -0.134. The molecule has 0 amide bonds. The van der Waals surface area contributed by atoms with Crippen molar-refractivity contribution >= 4 is 41.2 Å². The molecule has 0 unspecified atom stereocenters. The Balaban J connectivity index is 0.000000433. The van der Waals surface area contributed by atoms with Crippen molar-refractivity contribution in [2.24, 2.45) is 0 Å². The molecule has 1 fully saturated rings. The normalized spacial score (nSPS) is 14.0. The second kappa shape index (κ2) is 19.6. The molecular weight excluding hydrogens is 565 g/mol. The van der Waals surface area contributed by atoms with Gasteiger partial charge in [-0.1, -0.05) is 17.7 Å². The molecular formula is C27H31ClFN3O9. The van der Waals surface area contributed by atoms with Gasteiger partial charge < -0.3 is 35.4 Å². The first-order valence-corrected chi connectivity index (χ1v) is 12.6. The number of pyridine rings is 1. The maximum atomic E-state index is 13.5. The minimum atomic E-state index is -1.26. The van der Waals surface area contributed by atoms with Gasteiger partial charge in [0.1, 0.15) is 5.82 Å². The van der Waals surface area contributed by atoms with E-state index in [1.54, 1.807) is 12.3 Å². The van der Waals surface area contributed by atoms with Crippen LogP contribution >= 0.6 is 11.6 Å². The second-order valence-corrected chi connectivity index (χ2v) is 8.59. The number of nitrogens with zero attached hydrogens (tertiary/aromatic N) is 2. The molecule has 222 valence electrons. The summed E-state index contributed by atoms with van der Waals surface area (Å²) in [6.45, 7) is 3.48. The van der Waals surface area contributed by atoms with Crippen LogP contribution < -0.4 is 15.0 Å². The molecule has 0 bridgehead atoms. The predicted molar refractivity (Wildman–Crippen MR) is 148 cm³/mol. The molecule has 5 N–H and O–H groups in total. The van der Waals surface area contributed by atoms with Crippen molar-refractivity contribution in [3.05, 3.63) is 77.7 Å². The Morgan fingerprint density at radius 2 is 1.59 bits per heavy atom. The van der Waals surface area contributed by atoms with Gasteiger partial charge in [0.2, 0.25) is 5.88 Å². The summed E-state index contributed by atoms with van der Waals surface area (Å²) in [6.07, 6.45) is 6.96. The van der Waals surface area contributed by atoms with E-state index in [4.69, 9.17) is 36.8 Å². The number of ether oxygens (including phenoxy) is 1. The SMILES string of the molecule is Fc1ccc(N(CCCCOc2ccccn2)[C@H]2CCNC2)cc1Cl.O=C(O)/C=C/C(=O)O.O=C(O)/C=C/C(=O)O. The molecule has 0 spiro atoms. The highest BCUT2D eigenvalue weighted by Gasteiger charge is 2.23. The third-order valence-corrected chi connectivity index (χ3v) is 5.42. The molecule has 1 aromatic heterocycles. The van der Waals surface area contributed by atoms with E-state index >= 15 is 0 Å². The number of carboxylic acid groups (broad SMARTS) is 4. The molecule has 0 aliphatic carbocycles. The lowest BCUT2D eigenvalue weighted by Gasteiger charge is -2.31. The van der Waals surface area contributed by atoms with Gasteiger partial charge in [0.15, 0.2) is 0 Å². The van der Waals surface area contributed by atoms with Crippen LogP contribution in [-0.2, 0) is 19.2 Å². The van der Waals surface area contributed by atoms with Crippen molar-refractivity contribution in [1.29, 1.82) is 0 Å². The summed E-state index contributed by atoms with van der Waals surface area (Å²) >= 11 is 5.97. The number of halogens is 2. The van der Waals surface area contributed by atoms with E-state index in [1.807, 2.05) is 24.3 Å². The number of carbonyl (C=O) groups is 4. The van der Waals surface area contributed by atoms with Crippen LogP contribution in [-0.4, -0.2) is 81.6 Å². The highest BCUT2D eigenvalue weighted by Crippen LogP contribution is 2.26. The van der Waals surface area contributed by atoms with Crippen LogP contribution in [0.2, 0.25) is 5.02 Å². The number of nitrogens with one attached hydrogen (secondary N) is 1. The number of anilines is 1. The average Bonchev–Trinajstić information content (AvgIpc) is 3.46. The Morgan fingerprint density at radius 3 is 2.05 bits per heavy atom. The molecule has 1 aliphatic heterocycles. The van der Waals surface area contributed by atoms with Gasteiger partial charge >= 0.3 is 23.9 Å². The molecule has 2 heterocycles. The molecule has 41 heavy (non-hydrogen) atoms. The molecule has 3 rings (SSSR count). The van der Waals surface area contributed by atoms with E-state index in [0.29, 0.717) is 42.8 Å². The van der Waals surface area contributed by atoms with Gasteiger partial charge in [-0.2, -0.15) is 0 Å². The average molecular weight is 596 g/mol. The van der Waals surface area contributed by atoms with Crippen LogP contribution in [0.4, 0.5) is 10.1 Å². The fraction of sp³-hybridized carbons (Fsp3) is 0.296. The number of aliphatic carboxylic acids is 4. The Hall–Kier alpha value is -4.49. The number of carboxylic acids is 4. The van der Waals surface area contributed by atoms with Crippen molar-refractivity contribution in [2.45, 2.75) is 25.3 Å². The highest BCUT2D eigenvalue weighted by atomic mass is 35.5. The number of rotatable bonds is 12. The number of aromatic nitrogens is 1. The molecule has 1 atom stereocenters. The zero-order valence-corrected chi connectivity index (χ0v) is 22.6. The van der Waals surface area contributed by atoms with Crippen molar-refractivity contribution in [2.75, 3.05) is 31.1 Å². The number of benzene rings is 1. The number of unbranched alkanes of at least 4 members (excludes halogenated alkanes) is 1. The zero-order valence-electron chi connectivity index (χ0n) is 21.9. The molecule has 0 saturated carbocycles. The quantitative estimate of drug-likeness (QED) is 0.178. The Labute approximate surface area is 240 Å². The summed E-state index contributed by atoms with van der Waals surface area (Å²) < 4.78 is 19.1. The lowest BCUT2D eigenvalue weighted by atomic mass is 10.1. The molecule has 0 radical (unpaired) electrons. The standard InChI is InChI=1S/C19H23ClFN3O.2C4H4O4/c20-17-13-15(6-7-18(17)21)24(16-8-10-22-14-16)11-3-4-12-25-19-5-1-2-9-23-19;2*5-3(6)1-2-4(7)8/h1-2,5-7,9,13,16,22H,3-4,8,10-12,14H2;2*1-2H,(H,5,6)(H,7,8)/b;2*2-1+/t16-;;/m0../s1. The predicted octanol–water partition coefficient (Wildman–Crippen LogP) is 3.33. The summed E-state index contributed by atoms with van der Waals surface area (Å²) in [5.74, 6) is -4.75. The molecule has 1 saturated heterocycles. The van der Waals surface area contributed by atoms with Crippen LogP contribution in [0.3, 0.4) is 0 Å². The van der Waals surface area contributed by atoms with Gasteiger partial charge in [-0.3, -0.25) is 0 Å². The fourth-order valence-corrected chi connectivity index (χ4v) is 3.54. The zero-order chi connectivity index (χ0) is 30.6. The first kappa shape index (κ1) is 34.5. The van der Waals surface area contributed by atoms with Crippen LogP contribution in [0.15, 0.2) is 66.9 Å². The highest BCUT2D eigenvalue weighted by molar-refractivity contribution is 6.31.